The number of aromatic amines is 1. The monoisotopic (exact) mass is 301 g/mol. The average Bonchev–Trinajstić information content (AvgIpc) is 2.81. The van der Waals surface area contributed by atoms with E-state index in [1.54, 1.807) is 0 Å². The lowest BCUT2D eigenvalue weighted by Crippen LogP contribution is -2.52. The molecule has 1 aliphatic carbocycles. The van der Waals surface area contributed by atoms with Gasteiger partial charge in [0, 0.05) is 0 Å². The van der Waals surface area contributed by atoms with Crippen molar-refractivity contribution < 1.29 is 18.3 Å². The molecule has 3 N–H and O–H groups in total. The van der Waals surface area contributed by atoms with Crippen LogP contribution in [0.15, 0.2) is 6.20 Å². The van der Waals surface area contributed by atoms with E-state index in [9.17, 15) is 13.2 Å². The summed E-state index contributed by atoms with van der Waals surface area (Å²) in [5, 5.41) is 8.89. The molecule has 1 aromatic heterocycles. The van der Waals surface area contributed by atoms with Crippen LogP contribution in [-0.2, 0) is 15.6 Å². The van der Waals surface area contributed by atoms with E-state index in [1.807, 2.05) is 6.92 Å². The summed E-state index contributed by atoms with van der Waals surface area (Å²) in [4.78, 5) is 17.6. The molecule has 2 rings (SSSR count). The van der Waals surface area contributed by atoms with Gasteiger partial charge in [0.2, 0.25) is 10.0 Å². The third kappa shape index (κ3) is 3.01. The molecule has 0 spiro atoms. The molecule has 0 bridgehead atoms. The van der Waals surface area contributed by atoms with Gasteiger partial charge in [0.15, 0.2) is 0 Å². The number of nitrogens with zero attached hydrogens (tertiary/aromatic N) is 1. The lowest BCUT2D eigenvalue weighted by Gasteiger charge is -2.40. The number of unbranched alkanes of at least 4 members (excludes halogenated alkanes) is 1. The largest absolute Gasteiger partial charge is 0.477 e. The lowest BCUT2D eigenvalue weighted by molar-refractivity contribution is 0.0690. The van der Waals surface area contributed by atoms with Gasteiger partial charge in [0.25, 0.3) is 0 Å². The molecule has 7 nitrogen and oxygen atoms in total. The zero-order valence-electron chi connectivity index (χ0n) is 11.3. The molecule has 0 aliphatic heterocycles. The molecular weight excluding hydrogens is 282 g/mol. The molecule has 1 aromatic rings. The predicted octanol–water partition coefficient (Wildman–Crippen LogP) is 1.21. The summed E-state index contributed by atoms with van der Waals surface area (Å²) >= 11 is 0. The number of aromatic nitrogens is 2. The number of hydrogen-bond donors (Lipinski definition) is 3. The second kappa shape index (κ2) is 5.53. The van der Waals surface area contributed by atoms with E-state index < -0.39 is 21.5 Å². The number of nitrogens with one attached hydrogen (secondary N) is 2. The maximum Gasteiger partial charge on any atom is 0.353 e. The first kappa shape index (κ1) is 15.0. The topological polar surface area (TPSA) is 112 Å². The van der Waals surface area contributed by atoms with Gasteiger partial charge in [-0.3, -0.25) is 0 Å². The van der Waals surface area contributed by atoms with E-state index in [1.165, 1.54) is 6.20 Å². The Hall–Kier alpha value is -1.41. The Labute approximate surface area is 117 Å². The Morgan fingerprint density at radius 2 is 2.25 bits per heavy atom. The van der Waals surface area contributed by atoms with Crippen molar-refractivity contribution in [3.05, 3.63) is 17.7 Å². The normalized spacial score (nSPS) is 17.6. The average molecular weight is 301 g/mol. The number of H-pyrrole nitrogens is 1. The molecule has 112 valence electrons. The third-order valence-electron chi connectivity index (χ3n) is 3.58. The summed E-state index contributed by atoms with van der Waals surface area (Å²) in [7, 11) is -3.38. The summed E-state index contributed by atoms with van der Waals surface area (Å²) in [5.74, 6) is -0.633. The number of carboxylic acid groups (broad SMARTS) is 1. The quantitative estimate of drug-likeness (QED) is 0.700. The maximum atomic E-state index is 12.0. The molecule has 1 aliphatic rings. The molecule has 0 atom stereocenters. The zero-order valence-corrected chi connectivity index (χ0v) is 12.2. The number of carbonyl (C=O) groups is 1. The van der Waals surface area contributed by atoms with Crippen molar-refractivity contribution >= 4 is 16.0 Å². The highest BCUT2D eigenvalue weighted by atomic mass is 32.2. The van der Waals surface area contributed by atoms with Crippen molar-refractivity contribution in [1.82, 2.24) is 14.7 Å². The summed E-state index contributed by atoms with van der Waals surface area (Å²) in [6, 6.07) is 0. The molecule has 20 heavy (non-hydrogen) atoms. The number of aromatic carboxylic acids is 1. The molecule has 1 heterocycles. The van der Waals surface area contributed by atoms with Crippen molar-refractivity contribution in [3.8, 4) is 0 Å². The van der Waals surface area contributed by atoms with E-state index in [-0.39, 0.29) is 11.4 Å². The Morgan fingerprint density at radius 1 is 1.55 bits per heavy atom. The van der Waals surface area contributed by atoms with E-state index >= 15 is 0 Å². The summed E-state index contributed by atoms with van der Waals surface area (Å²) in [6.07, 6.45) is 4.77. The van der Waals surface area contributed by atoms with Gasteiger partial charge in [-0.1, -0.05) is 13.3 Å². The van der Waals surface area contributed by atoms with Crippen molar-refractivity contribution in [2.75, 3.05) is 5.75 Å². The Balaban J connectivity index is 2.19. The van der Waals surface area contributed by atoms with Crippen LogP contribution in [0.2, 0.25) is 0 Å². The summed E-state index contributed by atoms with van der Waals surface area (Å²) in [6.45, 7) is 1.93. The predicted molar refractivity (Wildman–Crippen MR) is 72.9 cm³/mol. The zero-order chi connectivity index (χ0) is 14.8. The fourth-order valence-electron chi connectivity index (χ4n) is 2.27. The summed E-state index contributed by atoms with van der Waals surface area (Å²) < 4.78 is 26.8. The summed E-state index contributed by atoms with van der Waals surface area (Å²) in [5.41, 5.74) is -0.792. The lowest BCUT2D eigenvalue weighted by atomic mass is 9.77. The molecular formula is C12H19N3O4S. The van der Waals surface area contributed by atoms with Crippen molar-refractivity contribution in [2.45, 2.75) is 44.6 Å². The number of rotatable bonds is 7. The van der Waals surface area contributed by atoms with Gasteiger partial charge in [-0.05, 0) is 25.7 Å². The van der Waals surface area contributed by atoms with Crippen LogP contribution in [0.4, 0.5) is 0 Å². The smallest absolute Gasteiger partial charge is 0.353 e. The first-order chi connectivity index (χ1) is 9.38. The molecule has 8 heteroatoms. The first-order valence-electron chi connectivity index (χ1n) is 6.69. The number of imidazole rings is 1. The van der Waals surface area contributed by atoms with E-state index in [2.05, 4.69) is 14.7 Å². The Morgan fingerprint density at radius 3 is 2.70 bits per heavy atom. The maximum absolute atomic E-state index is 12.0. The minimum atomic E-state index is -3.38. The van der Waals surface area contributed by atoms with Gasteiger partial charge in [0.05, 0.1) is 17.5 Å². The van der Waals surface area contributed by atoms with Crippen LogP contribution >= 0.6 is 0 Å². The molecule has 0 unspecified atom stereocenters. The number of sulfonamides is 1. The first-order valence-corrected chi connectivity index (χ1v) is 8.34. The minimum absolute atomic E-state index is 0.0287. The van der Waals surface area contributed by atoms with Crippen molar-refractivity contribution in [3.63, 3.8) is 0 Å². The highest BCUT2D eigenvalue weighted by Gasteiger charge is 2.44. The van der Waals surface area contributed by atoms with Gasteiger partial charge < -0.3 is 10.1 Å². The van der Waals surface area contributed by atoms with Gasteiger partial charge in [-0.15, -0.1) is 0 Å². The van der Waals surface area contributed by atoms with Gasteiger partial charge >= 0.3 is 5.97 Å². The highest BCUT2D eigenvalue weighted by molar-refractivity contribution is 7.89. The van der Waals surface area contributed by atoms with Crippen LogP contribution in [0.3, 0.4) is 0 Å². The van der Waals surface area contributed by atoms with Gasteiger partial charge in [-0.2, -0.15) is 0 Å². The van der Waals surface area contributed by atoms with Crippen LogP contribution in [0, 0.1) is 0 Å². The second-order valence-electron chi connectivity index (χ2n) is 5.16. The fourth-order valence-corrected chi connectivity index (χ4v) is 3.94. The Bertz CT molecular complexity index is 590. The minimum Gasteiger partial charge on any atom is -0.477 e. The van der Waals surface area contributed by atoms with Crippen molar-refractivity contribution in [2.24, 2.45) is 0 Å². The number of hydrogen-bond acceptors (Lipinski definition) is 4. The van der Waals surface area contributed by atoms with E-state index in [0.29, 0.717) is 25.1 Å². The van der Waals surface area contributed by atoms with Crippen LogP contribution in [0.5, 0.6) is 0 Å². The Kier molecular flexibility index (Phi) is 4.14. The molecule has 0 saturated heterocycles. The van der Waals surface area contributed by atoms with Crippen LogP contribution in [0.1, 0.15) is 55.3 Å². The van der Waals surface area contributed by atoms with Crippen LogP contribution < -0.4 is 4.72 Å². The van der Waals surface area contributed by atoms with Gasteiger partial charge in [0.1, 0.15) is 11.5 Å². The van der Waals surface area contributed by atoms with E-state index in [0.717, 1.165) is 12.8 Å². The van der Waals surface area contributed by atoms with Gasteiger partial charge in [-0.25, -0.2) is 22.9 Å². The second-order valence-corrected chi connectivity index (χ2v) is 7.00. The fraction of sp³-hybridized carbons (Fsp3) is 0.667. The molecule has 0 amide bonds. The third-order valence-corrected chi connectivity index (χ3v) is 5.11. The molecule has 0 aromatic carbocycles. The molecule has 0 radical (unpaired) electrons. The molecule has 1 fully saturated rings. The van der Waals surface area contributed by atoms with Crippen molar-refractivity contribution in [1.29, 1.82) is 0 Å². The highest BCUT2D eigenvalue weighted by Crippen LogP contribution is 2.40. The van der Waals surface area contributed by atoms with Crippen LogP contribution in [-0.4, -0.2) is 35.2 Å². The van der Waals surface area contributed by atoms with Crippen LogP contribution in [0.25, 0.3) is 0 Å². The standard InChI is InChI=1S/C12H19N3O4S/c1-2-3-7-20(18,19)15-12(5-4-6-12)11-13-8-9(14-11)10(16)17/h8,15H,2-7H2,1H3,(H,13,14)(H,16,17). The SMILES string of the molecule is CCCCS(=O)(=O)NC1(c2ncc(C(=O)O)[nH]2)CCC1. The molecule has 1 saturated carbocycles. The van der Waals surface area contributed by atoms with E-state index in [4.69, 9.17) is 5.11 Å². The number of carboxylic acids is 1.